The molecule has 1 aliphatic rings. The van der Waals surface area contributed by atoms with Gasteiger partial charge in [0.15, 0.2) is 0 Å². The van der Waals surface area contributed by atoms with E-state index in [1.54, 1.807) is 0 Å². The molecule has 0 bridgehead atoms. The van der Waals surface area contributed by atoms with Crippen LogP contribution < -0.4 is 4.74 Å². The molecule has 1 heterocycles. The molecule has 1 fully saturated rings. The van der Waals surface area contributed by atoms with Gasteiger partial charge in [-0.3, -0.25) is 14.6 Å². The predicted molar refractivity (Wildman–Crippen MR) is 119 cm³/mol. The van der Waals surface area contributed by atoms with E-state index in [1.165, 1.54) is 5.56 Å². The molecule has 0 saturated carbocycles. The second kappa shape index (κ2) is 11.1. The van der Waals surface area contributed by atoms with Gasteiger partial charge in [-0.1, -0.05) is 42.5 Å². The number of likely N-dealkylation sites (N-methyl/N-ethyl adjacent to an activating group) is 1. The lowest BCUT2D eigenvalue weighted by Gasteiger charge is -2.36. The minimum absolute atomic E-state index is 0.0156. The van der Waals surface area contributed by atoms with Gasteiger partial charge in [-0.25, -0.2) is 0 Å². The Balaban J connectivity index is 1.44. The van der Waals surface area contributed by atoms with Crippen LogP contribution in [-0.2, 0) is 6.54 Å². The van der Waals surface area contributed by atoms with Crippen molar-refractivity contribution in [3.8, 4) is 5.75 Å². The summed E-state index contributed by atoms with van der Waals surface area (Å²) in [4.78, 5) is 19.2. The average molecular weight is 412 g/mol. The first-order valence-electron chi connectivity index (χ1n) is 10.7. The first kappa shape index (κ1) is 22.3. The van der Waals surface area contributed by atoms with Gasteiger partial charge in [-0.05, 0) is 31.7 Å². The van der Waals surface area contributed by atoms with Crippen LogP contribution in [0.2, 0.25) is 0 Å². The van der Waals surface area contributed by atoms with E-state index < -0.39 is 6.10 Å². The number of aliphatic hydroxyl groups is 1. The summed E-state index contributed by atoms with van der Waals surface area (Å²) in [6, 6.07) is 17.7. The predicted octanol–water partition coefficient (Wildman–Crippen LogP) is 2.34. The highest BCUT2D eigenvalue weighted by Gasteiger charge is 2.25. The summed E-state index contributed by atoms with van der Waals surface area (Å²) < 4.78 is 5.61. The van der Waals surface area contributed by atoms with Gasteiger partial charge in [-0.2, -0.15) is 0 Å². The van der Waals surface area contributed by atoms with Crippen molar-refractivity contribution in [2.45, 2.75) is 19.6 Å². The van der Waals surface area contributed by atoms with E-state index >= 15 is 0 Å². The van der Waals surface area contributed by atoms with Crippen molar-refractivity contribution in [3.05, 3.63) is 65.7 Å². The van der Waals surface area contributed by atoms with Crippen molar-refractivity contribution in [1.29, 1.82) is 0 Å². The zero-order valence-corrected chi connectivity index (χ0v) is 18.0. The number of aliphatic hydroxyl groups excluding tert-OH is 1. The van der Waals surface area contributed by atoms with Gasteiger partial charge in [0.1, 0.15) is 5.75 Å². The van der Waals surface area contributed by atoms with Crippen molar-refractivity contribution in [3.63, 3.8) is 0 Å². The van der Waals surface area contributed by atoms with E-state index in [-0.39, 0.29) is 5.91 Å². The lowest BCUT2D eigenvalue weighted by molar-refractivity contribution is 0.0451. The molecule has 1 unspecified atom stereocenters. The van der Waals surface area contributed by atoms with Gasteiger partial charge >= 0.3 is 0 Å². The number of β-amino-alcohol motifs (C(OH)–C–C–N with tert-alkyl or cyclic N) is 1. The summed E-state index contributed by atoms with van der Waals surface area (Å²) in [5.41, 5.74) is 1.86. The van der Waals surface area contributed by atoms with Crippen LogP contribution >= 0.6 is 0 Å². The van der Waals surface area contributed by atoms with E-state index in [2.05, 4.69) is 21.9 Å². The van der Waals surface area contributed by atoms with Gasteiger partial charge < -0.3 is 14.7 Å². The summed E-state index contributed by atoms with van der Waals surface area (Å²) >= 11 is 0. The monoisotopic (exact) mass is 411 g/mol. The molecule has 6 heteroatoms. The lowest BCUT2D eigenvalue weighted by Crippen LogP contribution is -2.51. The summed E-state index contributed by atoms with van der Waals surface area (Å²) in [6.45, 7) is 7.37. The third-order valence-electron chi connectivity index (χ3n) is 5.36. The maximum Gasteiger partial charge on any atom is 0.257 e. The largest absolute Gasteiger partial charge is 0.493 e. The number of carbonyl (C=O) groups excluding carboxylic acids is 1. The van der Waals surface area contributed by atoms with Crippen molar-refractivity contribution in [2.75, 3.05) is 52.9 Å². The Morgan fingerprint density at radius 3 is 2.43 bits per heavy atom. The summed E-state index contributed by atoms with van der Waals surface area (Å²) in [7, 11) is 2.03. The number of benzene rings is 2. The molecular weight excluding hydrogens is 378 g/mol. The molecule has 6 nitrogen and oxygen atoms in total. The third kappa shape index (κ3) is 6.29. The van der Waals surface area contributed by atoms with Crippen molar-refractivity contribution in [2.24, 2.45) is 0 Å². The van der Waals surface area contributed by atoms with Crippen LogP contribution in [0, 0.1) is 0 Å². The third-order valence-corrected chi connectivity index (χ3v) is 5.36. The molecule has 3 rings (SSSR count). The van der Waals surface area contributed by atoms with E-state index in [0.29, 0.717) is 44.1 Å². The molecule has 0 spiro atoms. The van der Waals surface area contributed by atoms with Crippen LogP contribution in [0.1, 0.15) is 22.8 Å². The number of para-hydroxylation sites is 1. The number of ether oxygens (including phenoxy) is 1. The highest BCUT2D eigenvalue weighted by Crippen LogP contribution is 2.20. The Labute approximate surface area is 179 Å². The SMILES string of the molecule is CCOc1ccccc1C(=O)N1CCN(CC(O)CN(C)Cc2ccccc2)CC1. The molecule has 0 aliphatic carbocycles. The standard InChI is InChI=1S/C24H33N3O3/c1-3-30-23-12-8-7-11-22(23)24(29)27-15-13-26(14-16-27)19-21(28)18-25(2)17-20-9-5-4-6-10-20/h4-12,21,28H,3,13-19H2,1-2H3. The summed E-state index contributed by atoms with van der Waals surface area (Å²) in [6.07, 6.45) is -0.417. The van der Waals surface area contributed by atoms with Crippen LogP contribution in [-0.4, -0.2) is 84.7 Å². The van der Waals surface area contributed by atoms with Gasteiger partial charge in [0.2, 0.25) is 0 Å². The first-order valence-corrected chi connectivity index (χ1v) is 10.7. The smallest absolute Gasteiger partial charge is 0.257 e. The quantitative estimate of drug-likeness (QED) is 0.686. The van der Waals surface area contributed by atoms with Crippen molar-refractivity contribution >= 4 is 5.91 Å². The molecule has 1 saturated heterocycles. The lowest BCUT2D eigenvalue weighted by atomic mass is 10.1. The topological polar surface area (TPSA) is 56.3 Å². The number of nitrogens with zero attached hydrogens (tertiary/aromatic N) is 3. The highest BCUT2D eigenvalue weighted by molar-refractivity contribution is 5.97. The van der Waals surface area contributed by atoms with E-state index in [9.17, 15) is 9.90 Å². The van der Waals surface area contributed by atoms with Gasteiger partial charge in [0.25, 0.3) is 5.91 Å². The summed E-state index contributed by atoms with van der Waals surface area (Å²) in [5, 5.41) is 10.5. The molecule has 0 radical (unpaired) electrons. The Morgan fingerprint density at radius 1 is 1.07 bits per heavy atom. The zero-order chi connectivity index (χ0) is 21.3. The Bertz CT molecular complexity index is 791. The molecule has 1 amide bonds. The first-order chi connectivity index (χ1) is 14.6. The molecule has 162 valence electrons. The van der Waals surface area contributed by atoms with Crippen LogP contribution in [0.4, 0.5) is 0 Å². The number of carbonyl (C=O) groups is 1. The van der Waals surface area contributed by atoms with Crippen LogP contribution in [0.25, 0.3) is 0 Å². The second-order valence-electron chi connectivity index (χ2n) is 7.86. The zero-order valence-electron chi connectivity index (χ0n) is 18.0. The van der Waals surface area contributed by atoms with Gasteiger partial charge in [0, 0.05) is 45.8 Å². The number of amides is 1. The fraction of sp³-hybridized carbons (Fsp3) is 0.458. The molecule has 0 aromatic heterocycles. The molecule has 1 atom stereocenters. The minimum Gasteiger partial charge on any atom is -0.493 e. The fourth-order valence-electron chi connectivity index (χ4n) is 3.90. The van der Waals surface area contributed by atoms with Crippen molar-refractivity contribution < 1.29 is 14.6 Å². The Kier molecular flexibility index (Phi) is 8.25. The van der Waals surface area contributed by atoms with E-state index in [0.717, 1.165) is 19.6 Å². The minimum atomic E-state index is -0.417. The number of piperazine rings is 1. The average Bonchev–Trinajstić information content (AvgIpc) is 2.75. The normalized spacial score (nSPS) is 15.9. The van der Waals surface area contributed by atoms with Crippen molar-refractivity contribution in [1.82, 2.24) is 14.7 Å². The molecular formula is C24H33N3O3. The Hall–Kier alpha value is -2.41. The molecule has 30 heavy (non-hydrogen) atoms. The van der Waals surface area contributed by atoms with Crippen LogP contribution in [0.3, 0.4) is 0 Å². The number of rotatable bonds is 9. The Morgan fingerprint density at radius 2 is 1.73 bits per heavy atom. The highest BCUT2D eigenvalue weighted by atomic mass is 16.5. The van der Waals surface area contributed by atoms with Gasteiger partial charge in [-0.15, -0.1) is 0 Å². The number of hydrogen-bond acceptors (Lipinski definition) is 5. The van der Waals surface area contributed by atoms with E-state index in [4.69, 9.17) is 4.74 Å². The molecule has 1 N–H and O–H groups in total. The molecule has 1 aliphatic heterocycles. The summed E-state index contributed by atoms with van der Waals surface area (Å²) in [5.74, 6) is 0.658. The van der Waals surface area contributed by atoms with Gasteiger partial charge in [0.05, 0.1) is 18.3 Å². The maximum absolute atomic E-state index is 12.9. The van der Waals surface area contributed by atoms with Crippen LogP contribution in [0.5, 0.6) is 5.75 Å². The van der Waals surface area contributed by atoms with Crippen LogP contribution in [0.15, 0.2) is 54.6 Å². The molecule has 2 aromatic carbocycles. The van der Waals surface area contributed by atoms with E-state index in [1.807, 2.05) is 61.3 Å². The molecule has 2 aromatic rings. The second-order valence-corrected chi connectivity index (χ2v) is 7.86. The maximum atomic E-state index is 12.9. The number of hydrogen-bond donors (Lipinski definition) is 1. The fourth-order valence-corrected chi connectivity index (χ4v) is 3.90.